The topological polar surface area (TPSA) is 51.8 Å². The van der Waals surface area contributed by atoms with Gasteiger partial charge in [0.05, 0.1) is 22.6 Å². The van der Waals surface area contributed by atoms with Crippen molar-refractivity contribution in [3.8, 4) is 78.5 Å². The second-order valence-corrected chi connectivity index (χ2v) is 15.9. The summed E-state index contributed by atoms with van der Waals surface area (Å²) >= 11 is 0. The molecule has 4 nitrogen and oxygen atoms in total. The molecule has 63 heavy (non-hydrogen) atoms. The van der Waals surface area contributed by atoms with Gasteiger partial charge in [-0.15, -0.1) is 0 Å². The summed E-state index contributed by atoms with van der Waals surface area (Å²) in [7, 11) is 0. The Kier molecular flexibility index (Phi) is 8.79. The third-order valence-electron chi connectivity index (χ3n) is 12.1. The van der Waals surface area contributed by atoms with Gasteiger partial charge in [0.25, 0.3) is 0 Å². The largest absolute Gasteiger partial charge is 0.456 e. The zero-order chi connectivity index (χ0) is 41.7. The molecule has 3 aromatic heterocycles. The van der Waals surface area contributed by atoms with Gasteiger partial charge in [0.1, 0.15) is 11.2 Å². The lowest BCUT2D eigenvalue weighted by Crippen LogP contribution is -1.96. The van der Waals surface area contributed by atoms with Gasteiger partial charge in [0.2, 0.25) is 0 Å². The zero-order valence-electron chi connectivity index (χ0n) is 34.1. The van der Waals surface area contributed by atoms with E-state index in [-0.39, 0.29) is 0 Å². The Hall–Kier alpha value is -8.47. The van der Waals surface area contributed by atoms with E-state index >= 15 is 0 Å². The Morgan fingerprint density at radius 1 is 0.286 bits per heavy atom. The minimum atomic E-state index is 0.674. The fraction of sp³-hybridized carbons (Fsp3) is 0. The van der Waals surface area contributed by atoms with Crippen LogP contribution >= 0.6 is 0 Å². The number of benzene rings is 9. The number of nitrogens with zero attached hydrogens (tertiary/aromatic N) is 3. The van der Waals surface area contributed by atoms with Crippen molar-refractivity contribution in [2.45, 2.75) is 0 Å². The van der Waals surface area contributed by atoms with Crippen LogP contribution in [0.25, 0.3) is 122 Å². The summed E-state index contributed by atoms with van der Waals surface area (Å²) in [6, 6.07) is 78.4. The first-order chi connectivity index (χ1) is 31.2. The lowest BCUT2D eigenvalue weighted by molar-refractivity contribution is 0.669. The smallest absolute Gasteiger partial charge is 0.160 e. The van der Waals surface area contributed by atoms with Crippen LogP contribution < -0.4 is 0 Å². The average Bonchev–Trinajstić information content (AvgIpc) is 3.74. The van der Waals surface area contributed by atoms with E-state index in [1.165, 1.54) is 10.9 Å². The molecule has 12 aromatic rings. The predicted octanol–water partition coefficient (Wildman–Crippen LogP) is 15.7. The monoisotopic (exact) mass is 803 g/mol. The summed E-state index contributed by atoms with van der Waals surface area (Å²) in [4.78, 5) is 15.7. The van der Waals surface area contributed by atoms with E-state index in [1.807, 2.05) is 18.2 Å². The number of rotatable bonds is 7. The Morgan fingerprint density at radius 3 is 1.54 bits per heavy atom. The van der Waals surface area contributed by atoms with Gasteiger partial charge >= 0.3 is 0 Å². The molecule has 0 N–H and O–H groups in total. The van der Waals surface area contributed by atoms with Crippen LogP contribution in [-0.2, 0) is 0 Å². The molecule has 0 amide bonds. The Labute approximate surface area is 364 Å². The van der Waals surface area contributed by atoms with Crippen LogP contribution in [0.3, 0.4) is 0 Å². The maximum Gasteiger partial charge on any atom is 0.160 e. The Morgan fingerprint density at radius 2 is 0.810 bits per heavy atom. The summed E-state index contributed by atoms with van der Waals surface area (Å²) in [5, 5.41) is 5.55. The molecule has 4 heteroatoms. The van der Waals surface area contributed by atoms with Crippen LogP contribution in [0.2, 0.25) is 0 Å². The summed E-state index contributed by atoms with van der Waals surface area (Å²) in [6.45, 7) is 0. The second-order valence-electron chi connectivity index (χ2n) is 15.9. The van der Waals surface area contributed by atoms with Gasteiger partial charge in [-0.2, -0.15) is 0 Å². The van der Waals surface area contributed by atoms with Crippen molar-refractivity contribution in [1.82, 2.24) is 15.0 Å². The van der Waals surface area contributed by atoms with Crippen LogP contribution in [0.4, 0.5) is 0 Å². The SMILES string of the molecule is c1ccc(-c2cccc(-c3cc(-c4ccccc4)nc(-c4cccc(-c5ccc(-c6nc7ccccc7c7c(-c8ccccc8)c8c(cc67)oc6ccccc68)cc5)c4)n3)c2)cc1. The fourth-order valence-electron chi connectivity index (χ4n) is 9.06. The molecular weight excluding hydrogens is 767 g/mol. The first kappa shape index (κ1) is 36.4. The highest BCUT2D eigenvalue weighted by molar-refractivity contribution is 6.27. The zero-order valence-corrected chi connectivity index (χ0v) is 34.1. The first-order valence-electron chi connectivity index (χ1n) is 21.3. The van der Waals surface area contributed by atoms with Crippen molar-refractivity contribution in [2.75, 3.05) is 0 Å². The van der Waals surface area contributed by atoms with E-state index < -0.39 is 0 Å². The average molecular weight is 804 g/mol. The lowest BCUT2D eigenvalue weighted by atomic mass is 9.89. The molecule has 0 aliphatic heterocycles. The van der Waals surface area contributed by atoms with Gasteiger partial charge in [0.15, 0.2) is 5.82 Å². The quantitative estimate of drug-likeness (QED) is 0.151. The standard InChI is InChI=1S/C59H37N3O/c1-4-16-38(17-5-1)43-22-14-24-45(34-43)52-37-51(40-18-6-2-7-19-40)61-59(62-52)46-25-15-23-44(35-46)39-30-32-42(33-31-39)58-49-36-54-57(48-27-11-13-29-53(48)63-54)55(41-20-8-3-9-21-41)56(49)47-26-10-12-28-50(47)60-58/h1-37H. The highest BCUT2D eigenvalue weighted by Crippen LogP contribution is 2.46. The molecule has 0 atom stereocenters. The van der Waals surface area contributed by atoms with Crippen LogP contribution in [0, 0.1) is 0 Å². The lowest BCUT2D eigenvalue weighted by Gasteiger charge is -2.16. The molecule has 0 aliphatic rings. The summed E-state index contributed by atoms with van der Waals surface area (Å²) in [5.74, 6) is 0.674. The van der Waals surface area contributed by atoms with E-state index in [4.69, 9.17) is 19.4 Å². The van der Waals surface area contributed by atoms with Gasteiger partial charge in [-0.25, -0.2) is 15.0 Å². The van der Waals surface area contributed by atoms with E-state index in [0.29, 0.717) is 5.82 Å². The molecule has 0 saturated heterocycles. The first-order valence-corrected chi connectivity index (χ1v) is 21.3. The summed E-state index contributed by atoms with van der Waals surface area (Å²) < 4.78 is 6.60. The number of hydrogen-bond donors (Lipinski definition) is 0. The third kappa shape index (κ3) is 6.53. The number of aromatic nitrogens is 3. The molecule has 0 unspecified atom stereocenters. The number of fused-ring (bicyclic) bond motifs is 6. The van der Waals surface area contributed by atoms with Crippen LogP contribution in [0.5, 0.6) is 0 Å². The van der Waals surface area contributed by atoms with Crippen LogP contribution in [0.1, 0.15) is 0 Å². The summed E-state index contributed by atoms with van der Waals surface area (Å²) in [5.41, 5.74) is 16.2. The highest BCUT2D eigenvalue weighted by Gasteiger charge is 2.22. The van der Waals surface area contributed by atoms with Gasteiger partial charge in [0, 0.05) is 54.7 Å². The van der Waals surface area contributed by atoms with Gasteiger partial charge in [-0.05, 0) is 64.2 Å². The minimum absolute atomic E-state index is 0.674. The third-order valence-corrected chi connectivity index (χ3v) is 12.1. The van der Waals surface area contributed by atoms with Crippen molar-refractivity contribution in [3.05, 3.63) is 224 Å². The van der Waals surface area contributed by atoms with Crippen molar-refractivity contribution in [3.63, 3.8) is 0 Å². The molecule has 0 spiro atoms. The van der Waals surface area contributed by atoms with Gasteiger partial charge < -0.3 is 4.42 Å². The normalized spacial score (nSPS) is 11.5. The van der Waals surface area contributed by atoms with E-state index in [9.17, 15) is 0 Å². The van der Waals surface area contributed by atoms with Crippen molar-refractivity contribution < 1.29 is 4.42 Å². The number of para-hydroxylation sites is 2. The number of hydrogen-bond acceptors (Lipinski definition) is 4. The van der Waals surface area contributed by atoms with E-state index in [1.54, 1.807) is 0 Å². The number of furan rings is 1. The van der Waals surface area contributed by atoms with Gasteiger partial charge in [-0.1, -0.05) is 188 Å². The number of pyridine rings is 1. The van der Waals surface area contributed by atoms with Crippen LogP contribution in [0.15, 0.2) is 229 Å². The predicted molar refractivity (Wildman–Crippen MR) is 260 cm³/mol. The van der Waals surface area contributed by atoms with E-state index in [0.717, 1.165) is 105 Å². The Bertz CT molecular complexity index is 3650. The minimum Gasteiger partial charge on any atom is -0.456 e. The molecule has 0 fully saturated rings. The Balaban J connectivity index is 0.975. The molecule has 12 rings (SSSR count). The molecule has 0 saturated carbocycles. The summed E-state index contributed by atoms with van der Waals surface area (Å²) in [6.07, 6.45) is 0. The maximum absolute atomic E-state index is 6.60. The molecular formula is C59H37N3O. The van der Waals surface area contributed by atoms with Crippen molar-refractivity contribution in [2.24, 2.45) is 0 Å². The molecule has 0 bridgehead atoms. The molecule has 0 aliphatic carbocycles. The molecule has 294 valence electrons. The van der Waals surface area contributed by atoms with Crippen LogP contribution in [-0.4, -0.2) is 15.0 Å². The maximum atomic E-state index is 6.60. The van der Waals surface area contributed by atoms with Gasteiger partial charge in [-0.3, -0.25) is 0 Å². The van der Waals surface area contributed by atoms with E-state index in [2.05, 4.69) is 206 Å². The van der Waals surface area contributed by atoms with Crippen molar-refractivity contribution in [1.29, 1.82) is 0 Å². The highest BCUT2D eigenvalue weighted by atomic mass is 16.3. The van der Waals surface area contributed by atoms with Crippen molar-refractivity contribution >= 4 is 43.6 Å². The molecule has 0 radical (unpaired) electrons. The second kappa shape index (κ2) is 15.2. The molecule has 9 aromatic carbocycles. The fourth-order valence-corrected chi connectivity index (χ4v) is 9.06. The molecule has 3 heterocycles.